The number of ether oxygens (including phenoxy) is 1. The van der Waals surface area contributed by atoms with E-state index in [0.717, 1.165) is 41.3 Å². The number of aromatic carboxylic acids is 1. The van der Waals surface area contributed by atoms with Crippen molar-refractivity contribution in [3.8, 4) is 28.1 Å². The van der Waals surface area contributed by atoms with Gasteiger partial charge in [-0.15, -0.1) is 0 Å². The molecule has 6 heteroatoms. The van der Waals surface area contributed by atoms with Crippen LogP contribution in [0.5, 0.6) is 5.75 Å². The van der Waals surface area contributed by atoms with Crippen LogP contribution in [0.15, 0.2) is 72.8 Å². The number of carboxylic acids is 1. The van der Waals surface area contributed by atoms with Crippen molar-refractivity contribution < 1.29 is 48.6 Å². The number of pyridine rings is 1. The summed E-state index contributed by atoms with van der Waals surface area (Å²) in [6.45, 7) is 2.84. The van der Waals surface area contributed by atoms with Gasteiger partial charge in [-0.1, -0.05) is 49.7 Å². The molecule has 0 saturated heterocycles. The fraction of sp³-hybridized carbons (Fsp3) is 0.154. The molecular formula is C26H21FNNaO3. The van der Waals surface area contributed by atoms with E-state index in [1.54, 1.807) is 0 Å². The molecule has 1 heterocycles. The van der Waals surface area contributed by atoms with Crippen LogP contribution in [-0.2, 0) is 0 Å². The number of hydrogen-bond acceptors (Lipinski definition) is 4. The maximum atomic E-state index is 13.6. The van der Waals surface area contributed by atoms with E-state index in [-0.39, 0.29) is 40.5 Å². The zero-order valence-electron chi connectivity index (χ0n) is 18.1. The van der Waals surface area contributed by atoms with Crippen molar-refractivity contribution >= 4 is 16.9 Å². The van der Waals surface area contributed by atoms with Crippen molar-refractivity contribution in [1.29, 1.82) is 0 Å². The van der Waals surface area contributed by atoms with E-state index in [1.165, 1.54) is 18.2 Å². The van der Waals surface area contributed by atoms with Crippen molar-refractivity contribution in [2.24, 2.45) is 0 Å². The van der Waals surface area contributed by atoms with E-state index in [0.29, 0.717) is 17.8 Å². The first kappa shape index (κ1) is 23.9. The van der Waals surface area contributed by atoms with Crippen molar-refractivity contribution in [1.82, 2.24) is 4.98 Å². The van der Waals surface area contributed by atoms with Crippen molar-refractivity contribution in [3.05, 3.63) is 84.2 Å². The molecule has 0 N–H and O–H groups in total. The summed E-state index contributed by atoms with van der Waals surface area (Å²) in [7, 11) is 0. The van der Waals surface area contributed by atoms with Crippen LogP contribution in [-0.4, -0.2) is 17.6 Å². The number of fused-ring (bicyclic) bond motifs is 1. The van der Waals surface area contributed by atoms with Crippen LogP contribution in [0.4, 0.5) is 4.39 Å². The van der Waals surface area contributed by atoms with Crippen LogP contribution < -0.4 is 39.4 Å². The van der Waals surface area contributed by atoms with Gasteiger partial charge in [-0.05, 0) is 53.9 Å². The summed E-state index contributed by atoms with van der Waals surface area (Å²) in [5, 5.41) is 11.8. The smallest absolute Gasteiger partial charge is 0.545 e. The number of benzene rings is 3. The first-order valence-corrected chi connectivity index (χ1v) is 10.2. The van der Waals surface area contributed by atoms with Crippen LogP contribution in [0.3, 0.4) is 0 Å². The minimum Gasteiger partial charge on any atom is -0.545 e. The van der Waals surface area contributed by atoms with Gasteiger partial charge in [-0.25, -0.2) is 9.37 Å². The maximum absolute atomic E-state index is 13.6. The summed E-state index contributed by atoms with van der Waals surface area (Å²) in [5.41, 5.74) is 3.64. The molecule has 0 aliphatic rings. The van der Waals surface area contributed by atoms with E-state index in [2.05, 4.69) is 11.9 Å². The average Bonchev–Trinajstić information content (AvgIpc) is 2.79. The minimum atomic E-state index is -1.36. The monoisotopic (exact) mass is 437 g/mol. The topological polar surface area (TPSA) is 62.2 Å². The molecule has 4 rings (SSSR count). The number of aromatic nitrogens is 1. The Morgan fingerprint density at radius 1 is 0.938 bits per heavy atom. The van der Waals surface area contributed by atoms with Crippen LogP contribution in [0.2, 0.25) is 0 Å². The normalized spacial score (nSPS) is 10.6. The fourth-order valence-electron chi connectivity index (χ4n) is 3.43. The SMILES string of the molecule is CCCCOc1ccc(-c2ccc(-c3cc(C(=O)[O-])c4cc(F)ccc4n3)cc2)cc1.[Na+]. The Bertz CT molecular complexity index is 1220. The number of nitrogens with zero attached hydrogens (tertiary/aromatic N) is 1. The summed E-state index contributed by atoms with van der Waals surface area (Å²) in [6, 6.07) is 20.9. The second kappa shape index (κ2) is 10.7. The molecule has 0 radical (unpaired) electrons. The van der Waals surface area contributed by atoms with Gasteiger partial charge in [0.05, 0.1) is 23.8 Å². The molecule has 4 nitrogen and oxygen atoms in total. The van der Waals surface area contributed by atoms with Gasteiger partial charge < -0.3 is 14.6 Å². The minimum absolute atomic E-state index is 0. The van der Waals surface area contributed by atoms with Gasteiger partial charge in [-0.2, -0.15) is 0 Å². The third-order valence-electron chi connectivity index (χ3n) is 5.13. The first-order chi connectivity index (χ1) is 15.0. The molecule has 0 amide bonds. The second-order valence-electron chi connectivity index (χ2n) is 7.31. The molecule has 0 spiro atoms. The standard InChI is InChI=1S/C26H22FNO3.Na/c1-2-3-14-31-21-11-8-18(9-12-21)17-4-6-19(7-5-17)25-16-23(26(29)30)22-15-20(27)10-13-24(22)28-25;/h4-13,15-16H,2-3,14H2,1H3,(H,29,30);/q;+1/p-1. The van der Waals surface area contributed by atoms with Crippen molar-refractivity contribution in [2.75, 3.05) is 6.61 Å². The number of carbonyl (C=O) groups is 1. The van der Waals surface area contributed by atoms with E-state index in [9.17, 15) is 14.3 Å². The van der Waals surface area contributed by atoms with E-state index < -0.39 is 11.8 Å². The van der Waals surface area contributed by atoms with Gasteiger partial charge in [0.15, 0.2) is 0 Å². The Morgan fingerprint density at radius 2 is 1.56 bits per heavy atom. The molecule has 156 valence electrons. The van der Waals surface area contributed by atoms with Gasteiger partial charge in [0, 0.05) is 16.5 Å². The predicted octanol–water partition coefficient (Wildman–Crippen LogP) is 2.25. The molecule has 32 heavy (non-hydrogen) atoms. The number of rotatable bonds is 7. The molecule has 0 aliphatic carbocycles. The molecule has 4 aromatic rings. The summed E-state index contributed by atoms with van der Waals surface area (Å²) in [4.78, 5) is 16.1. The molecule has 0 fully saturated rings. The maximum Gasteiger partial charge on any atom is 1.00 e. The quantitative estimate of drug-likeness (QED) is 0.329. The summed E-state index contributed by atoms with van der Waals surface area (Å²) in [5.74, 6) is -1.03. The number of carbonyl (C=O) groups excluding carboxylic acids is 1. The fourth-order valence-corrected chi connectivity index (χ4v) is 3.43. The van der Waals surface area contributed by atoms with Crippen LogP contribution in [0.1, 0.15) is 30.1 Å². The van der Waals surface area contributed by atoms with Gasteiger partial charge in [0.1, 0.15) is 11.6 Å². The average molecular weight is 437 g/mol. The molecular weight excluding hydrogens is 416 g/mol. The van der Waals surface area contributed by atoms with Crippen LogP contribution in [0, 0.1) is 5.82 Å². The Labute approximate surface area is 208 Å². The Kier molecular flexibility index (Phi) is 8.02. The first-order valence-electron chi connectivity index (χ1n) is 10.2. The summed E-state index contributed by atoms with van der Waals surface area (Å²) >= 11 is 0. The van der Waals surface area contributed by atoms with Crippen molar-refractivity contribution in [2.45, 2.75) is 19.8 Å². The molecule has 0 unspecified atom stereocenters. The zero-order valence-corrected chi connectivity index (χ0v) is 20.1. The Balaban J connectivity index is 0.00000289. The zero-order chi connectivity index (χ0) is 21.8. The van der Waals surface area contributed by atoms with Gasteiger partial charge in [-0.3, -0.25) is 0 Å². The van der Waals surface area contributed by atoms with Gasteiger partial charge >= 0.3 is 29.6 Å². The number of hydrogen-bond donors (Lipinski definition) is 0. The third-order valence-corrected chi connectivity index (χ3v) is 5.13. The van der Waals surface area contributed by atoms with Crippen LogP contribution >= 0.6 is 0 Å². The molecule has 0 atom stereocenters. The number of halogens is 1. The Morgan fingerprint density at radius 3 is 2.19 bits per heavy atom. The van der Waals surface area contributed by atoms with E-state index in [1.807, 2.05) is 48.5 Å². The largest absolute Gasteiger partial charge is 1.00 e. The van der Waals surface area contributed by atoms with E-state index >= 15 is 0 Å². The molecule has 0 aliphatic heterocycles. The van der Waals surface area contributed by atoms with Gasteiger partial charge in [0.2, 0.25) is 0 Å². The van der Waals surface area contributed by atoms with Crippen molar-refractivity contribution in [3.63, 3.8) is 0 Å². The molecule has 3 aromatic carbocycles. The second-order valence-corrected chi connectivity index (χ2v) is 7.31. The molecule has 0 saturated carbocycles. The third kappa shape index (κ3) is 5.36. The number of unbranched alkanes of at least 4 members (excludes halogenated alkanes) is 1. The Hall–Kier alpha value is -2.73. The summed E-state index contributed by atoms with van der Waals surface area (Å²) < 4.78 is 19.3. The van der Waals surface area contributed by atoms with Gasteiger partial charge in [0.25, 0.3) is 0 Å². The summed E-state index contributed by atoms with van der Waals surface area (Å²) in [6.07, 6.45) is 2.12. The molecule has 0 bridgehead atoms. The van der Waals surface area contributed by atoms with Crippen LogP contribution in [0.25, 0.3) is 33.3 Å². The van der Waals surface area contributed by atoms with E-state index in [4.69, 9.17) is 4.74 Å². The number of carboxylic acid groups (broad SMARTS) is 1. The molecule has 1 aromatic heterocycles. The predicted molar refractivity (Wildman–Crippen MR) is 117 cm³/mol.